The van der Waals surface area contributed by atoms with Crippen molar-refractivity contribution in [3.05, 3.63) is 0 Å². The third-order valence-electron chi connectivity index (χ3n) is 5.39. The molecule has 0 aliphatic carbocycles. The van der Waals surface area contributed by atoms with Crippen molar-refractivity contribution in [1.82, 2.24) is 20.4 Å². The van der Waals surface area contributed by atoms with E-state index in [1.807, 2.05) is 14.1 Å². The molecular formula is C21H41N5O3. The van der Waals surface area contributed by atoms with Gasteiger partial charge in [0.1, 0.15) is 0 Å². The van der Waals surface area contributed by atoms with Crippen LogP contribution in [0.4, 0.5) is 0 Å². The number of guanidine groups is 1. The second kappa shape index (κ2) is 13.8. The van der Waals surface area contributed by atoms with Crippen LogP contribution in [0.1, 0.15) is 45.4 Å². The van der Waals surface area contributed by atoms with Crippen molar-refractivity contribution in [3.8, 4) is 0 Å². The minimum Gasteiger partial charge on any atom is -0.379 e. The molecule has 2 saturated heterocycles. The lowest BCUT2D eigenvalue weighted by Crippen LogP contribution is -2.44. The lowest BCUT2D eigenvalue weighted by molar-refractivity contribution is -0.133. The zero-order valence-corrected chi connectivity index (χ0v) is 18.6. The summed E-state index contributed by atoms with van der Waals surface area (Å²) in [6, 6.07) is 0.0570. The number of likely N-dealkylation sites (tertiary alicyclic amines) is 1. The first-order valence-electron chi connectivity index (χ1n) is 11.3. The molecule has 2 aliphatic heterocycles. The third kappa shape index (κ3) is 8.88. The first-order chi connectivity index (χ1) is 14.1. The second-order valence-corrected chi connectivity index (χ2v) is 8.03. The number of likely N-dealkylation sites (N-methyl/N-ethyl adjacent to an activating group) is 1. The molecule has 0 aromatic heterocycles. The Morgan fingerprint density at radius 2 is 2.10 bits per heavy atom. The highest BCUT2D eigenvalue weighted by atomic mass is 16.5. The van der Waals surface area contributed by atoms with Crippen molar-refractivity contribution < 1.29 is 14.3 Å². The van der Waals surface area contributed by atoms with Gasteiger partial charge in [0.2, 0.25) is 5.91 Å². The number of carbonyl (C=O) groups excluding carboxylic acids is 1. The van der Waals surface area contributed by atoms with Gasteiger partial charge in [-0.2, -0.15) is 0 Å². The molecule has 2 heterocycles. The number of hydrogen-bond donors (Lipinski definition) is 2. The summed E-state index contributed by atoms with van der Waals surface area (Å²) < 4.78 is 11.2. The third-order valence-corrected chi connectivity index (χ3v) is 5.39. The summed E-state index contributed by atoms with van der Waals surface area (Å²) in [6.07, 6.45) is 6.55. The SMILES string of the molecule is CCNC(=NCCCOCC1CCCO1)NCCCN1CCCC1C(=O)N(C)C. The monoisotopic (exact) mass is 411 g/mol. The molecule has 0 aromatic carbocycles. The summed E-state index contributed by atoms with van der Waals surface area (Å²) in [5.74, 6) is 1.08. The number of rotatable bonds is 12. The Balaban J connectivity index is 1.58. The van der Waals surface area contributed by atoms with Gasteiger partial charge >= 0.3 is 0 Å². The van der Waals surface area contributed by atoms with E-state index in [2.05, 4.69) is 27.4 Å². The van der Waals surface area contributed by atoms with Crippen LogP contribution in [0.5, 0.6) is 0 Å². The summed E-state index contributed by atoms with van der Waals surface area (Å²) in [6.45, 7) is 8.76. The van der Waals surface area contributed by atoms with Crippen LogP contribution in [-0.2, 0) is 14.3 Å². The van der Waals surface area contributed by atoms with E-state index in [-0.39, 0.29) is 11.9 Å². The quantitative estimate of drug-likeness (QED) is 0.284. The number of aliphatic imine (C=N–C) groups is 1. The number of ether oxygens (including phenoxy) is 2. The molecule has 0 spiro atoms. The van der Waals surface area contributed by atoms with Crippen LogP contribution in [0.15, 0.2) is 4.99 Å². The molecule has 0 bridgehead atoms. The number of amides is 1. The molecule has 2 rings (SSSR count). The van der Waals surface area contributed by atoms with Crippen LogP contribution in [0.3, 0.4) is 0 Å². The van der Waals surface area contributed by atoms with E-state index in [0.717, 1.165) is 90.4 Å². The normalized spacial score (nSPS) is 22.8. The molecule has 8 nitrogen and oxygen atoms in total. The molecule has 1 amide bonds. The number of hydrogen-bond acceptors (Lipinski definition) is 5. The lowest BCUT2D eigenvalue weighted by Gasteiger charge is -2.26. The van der Waals surface area contributed by atoms with Crippen LogP contribution < -0.4 is 10.6 Å². The molecule has 2 aliphatic rings. The maximum absolute atomic E-state index is 12.3. The van der Waals surface area contributed by atoms with Gasteiger partial charge in [-0.15, -0.1) is 0 Å². The maximum atomic E-state index is 12.3. The van der Waals surface area contributed by atoms with E-state index < -0.39 is 0 Å². The van der Waals surface area contributed by atoms with Crippen LogP contribution >= 0.6 is 0 Å². The molecule has 0 saturated carbocycles. The lowest BCUT2D eigenvalue weighted by atomic mass is 10.2. The highest BCUT2D eigenvalue weighted by Gasteiger charge is 2.30. The van der Waals surface area contributed by atoms with E-state index in [4.69, 9.17) is 9.47 Å². The molecule has 2 unspecified atom stereocenters. The number of nitrogens with zero attached hydrogens (tertiary/aromatic N) is 3. The summed E-state index contributed by atoms with van der Waals surface area (Å²) in [4.78, 5) is 20.9. The Kier molecular flexibility index (Phi) is 11.3. The topological polar surface area (TPSA) is 78.4 Å². The Hall–Kier alpha value is -1.38. The van der Waals surface area contributed by atoms with Gasteiger partial charge in [-0.1, -0.05) is 0 Å². The Bertz CT molecular complexity index is 495. The zero-order valence-electron chi connectivity index (χ0n) is 18.6. The van der Waals surface area contributed by atoms with Crippen molar-refractivity contribution in [2.45, 2.75) is 57.6 Å². The minimum absolute atomic E-state index is 0.0570. The number of nitrogens with one attached hydrogen (secondary N) is 2. The van der Waals surface area contributed by atoms with Crippen LogP contribution in [0.2, 0.25) is 0 Å². The van der Waals surface area contributed by atoms with Crippen LogP contribution in [-0.4, -0.2) is 100 Å². The highest BCUT2D eigenvalue weighted by Crippen LogP contribution is 2.18. The molecule has 2 atom stereocenters. The van der Waals surface area contributed by atoms with Crippen molar-refractivity contribution in [2.24, 2.45) is 4.99 Å². The fraction of sp³-hybridized carbons (Fsp3) is 0.905. The van der Waals surface area contributed by atoms with Gasteiger partial charge in [0.05, 0.1) is 18.8 Å². The minimum atomic E-state index is 0.0570. The summed E-state index contributed by atoms with van der Waals surface area (Å²) >= 11 is 0. The Morgan fingerprint density at radius 1 is 1.24 bits per heavy atom. The second-order valence-electron chi connectivity index (χ2n) is 8.03. The first kappa shape index (κ1) is 23.9. The molecular weight excluding hydrogens is 370 g/mol. The Morgan fingerprint density at radius 3 is 2.83 bits per heavy atom. The molecule has 168 valence electrons. The summed E-state index contributed by atoms with van der Waals surface area (Å²) in [5, 5.41) is 6.70. The van der Waals surface area contributed by atoms with Crippen molar-refractivity contribution in [1.29, 1.82) is 0 Å². The van der Waals surface area contributed by atoms with Gasteiger partial charge in [0, 0.05) is 53.5 Å². The van der Waals surface area contributed by atoms with Gasteiger partial charge < -0.3 is 25.0 Å². The van der Waals surface area contributed by atoms with Gasteiger partial charge in [0.25, 0.3) is 0 Å². The molecule has 29 heavy (non-hydrogen) atoms. The standard InChI is InChI=1S/C21H41N5O3/c1-4-22-21(24-12-8-15-28-17-18-9-6-16-29-18)23-11-7-14-26-13-5-10-19(26)20(27)25(2)3/h18-19H,4-17H2,1-3H3,(H2,22,23,24). The van der Waals surface area contributed by atoms with Crippen molar-refractivity contribution >= 4 is 11.9 Å². The van der Waals surface area contributed by atoms with Gasteiger partial charge in [-0.25, -0.2) is 0 Å². The van der Waals surface area contributed by atoms with Gasteiger partial charge in [-0.3, -0.25) is 14.7 Å². The van der Waals surface area contributed by atoms with E-state index >= 15 is 0 Å². The smallest absolute Gasteiger partial charge is 0.239 e. The fourth-order valence-electron chi connectivity index (χ4n) is 3.85. The molecule has 0 aromatic rings. The predicted molar refractivity (Wildman–Crippen MR) is 116 cm³/mol. The summed E-state index contributed by atoms with van der Waals surface area (Å²) in [5.41, 5.74) is 0. The van der Waals surface area contributed by atoms with Crippen molar-refractivity contribution in [2.75, 3.05) is 66.6 Å². The van der Waals surface area contributed by atoms with Crippen molar-refractivity contribution in [3.63, 3.8) is 0 Å². The van der Waals surface area contributed by atoms with Gasteiger partial charge in [-0.05, 0) is 52.0 Å². The van der Waals surface area contributed by atoms with Crippen LogP contribution in [0.25, 0.3) is 0 Å². The number of carbonyl (C=O) groups is 1. The average molecular weight is 412 g/mol. The molecule has 8 heteroatoms. The van der Waals surface area contributed by atoms with E-state index in [9.17, 15) is 4.79 Å². The molecule has 0 radical (unpaired) electrons. The average Bonchev–Trinajstić information content (AvgIpc) is 3.38. The fourth-order valence-corrected chi connectivity index (χ4v) is 3.85. The predicted octanol–water partition coefficient (Wildman–Crippen LogP) is 1.07. The van der Waals surface area contributed by atoms with E-state index in [1.165, 1.54) is 0 Å². The van der Waals surface area contributed by atoms with E-state index in [0.29, 0.717) is 12.7 Å². The van der Waals surface area contributed by atoms with Gasteiger partial charge in [0.15, 0.2) is 5.96 Å². The Labute approximate surface area is 176 Å². The molecule has 2 fully saturated rings. The molecule has 2 N–H and O–H groups in total. The first-order valence-corrected chi connectivity index (χ1v) is 11.3. The highest BCUT2D eigenvalue weighted by molar-refractivity contribution is 5.81. The zero-order chi connectivity index (χ0) is 20.9. The van der Waals surface area contributed by atoms with Crippen LogP contribution in [0, 0.1) is 0 Å². The summed E-state index contributed by atoms with van der Waals surface area (Å²) in [7, 11) is 3.68. The van der Waals surface area contributed by atoms with E-state index in [1.54, 1.807) is 4.90 Å². The largest absolute Gasteiger partial charge is 0.379 e. The maximum Gasteiger partial charge on any atom is 0.239 e.